The summed E-state index contributed by atoms with van der Waals surface area (Å²) >= 11 is 0. The first kappa shape index (κ1) is 19.2. The van der Waals surface area contributed by atoms with E-state index in [2.05, 4.69) is 10.3 Å². The Morgan fingerprint density at radius 2 is 1.92 bits per heavy atom. The number of aromatic nitrogens is 1. The Labute approximate surface area is 152 Å². The van der Waals surface area contributed by atoms with Gasteiger partial charge in [-0.1, -0.05) is 12.1 Å². The monoisotopic (exact) mass is 357 g/mol. The highest BCUT2D eigenvalue weighted by molar-refractivity contribution is 5.94. The van der Waals surface area contributed by atoms with E-state index in [0.717, 1.165) is 0 Å². The molecule has 2 aromatic rings. The molecule has 1 aromatic heterocycles. The van der Waals surface area contributed by atoms with Gasteiger partial charge in [0.1, 0.15) is 17.5 Å². The third-order valence-corrected chi connectivity index (χ3v) is 3.45. The number of rotatable bonds is 5. The van der Waals surface area contributed by atoms with Crippen LogP contribution in [0.5, 0.6) is 0 Å². The molecule has 0 aliphatic heterocycles. The summed E-state index contributed by atoms with van der Waals surface area (Å²) in [4.78, 5) is 27.6. The third-order valence-electron chi connectivity index (χ3n) is 3.45. The van der Waals surface area contributed by atoms with E-state index in [1.54, 1.807) is 37.3 Å². The van der Waals surface area contributed by atoms with Gasteiger partial charge in [-0.3, -0.25) is 0 Å². The van der Waals surface area contributed by atoms with Crippen LogP contribution in [0.25, 0.3) is 11.3 Å². The molecule has 0 aliphatic carbocycles. The van der Waals surface area contributed by atoms with Crippen LogP contribution in [-0.2, 0) is 9.53 Å². The summed E-state index contributed by atoms with van der Waals surface area (Å²) in [7, 11) is 0. The zero-order chi connectivity index (χ0) is 19.5. The lowest BCUT2D eigenvalue weighted by Crippen LogP contribution is -2.34. The summed E-state index contributed by atoms with van der Waals surface area (Å²) in [6.45, 7) is 7.12. The lowest BCUT2D eigenvalue weighted by Gasteiger charge is -2.23. The Bertz CT molecular complexity index is 828. The first-order valence-electron chi connectivity index (χ1n) is 8.16. The first-order valence-corrected chi connectivity index (χ1v) is 8.16. The summed E-state index contributed by atoms with van der Waals surface area (Å²) < 4.78 is 5.34. The lowest BCUT2D eigenvalue weighted by molar-refractivity contribution is -0.155. The summed E-state index contributed by atoms with van der Waals surface area (Å²) in [6.07, 6.45) is 0. The van der Waals surface area contributed by atoms with Crippen LogP contribution in [0.2, 0.25) is 0 Å². The van der Waals surface area contributed by atoms with Crippen molar-refractivity contribution in [2.75, 3.05) is 11.1 Å². The number of hydrogen-bond acceptors (Lipinski definition) is 6. The van der Waals surface area contributed by atoms with Crippen molar-refractivity contribution in [3.63, 3.8) is 0 Å². The number of hydrogen-bond donors (Lipinski definition) is 3. The van der Waals surface area contributed by atoms with Gasteiger partial charge in [-0.2, -0.15) is 0 Å². The number of aromatic carboxylic acids is 1. The topological polar surface area (TPSA) is 115 Å². The van der Waals surface area contributed by atoms with Gasteiger partial charge in [-0.15, -0.1) is 0 Å². The van der Waals surface area contributed by atoms with E-state index in [0.29, 0.717) is 17.1 Å². The molecule has 0 amide bonds. The van der Waals surface area contributed by atoms with Crippen molar-refractivity contribution in [1.29, 1.82) is 0 Å². The van der Waals surface area contributed by atoms with Gasteiger partial charge in [0.2, 0.25) is 0 Å². The normalized spacial score (nSPS) is 12.3. The van der Waals surface area contributed by atoms with Crippen molar-refractivity contribution in [3.8, 4) is 11.3 Å². The van der Waals surface area contributed by atoms with E-state index in [9.17, 15) is 9.59 Å². The molecule has 0 spiro atoms. The molecule has 0 aliphatic rings. The number of benzene rings is 1. The van der Waals surface area contributed by atoms with Gasteiger partial charge in [-0.05, 0) is 52.0 Å². The van der Waals surface area contributed by atoms with Crippen LogP contribution < -0.4 is 11.1 Å². The minimum atomic E-state index is -1.08. The van der Waals surface area contributed by atoms with Gasteiger partial charge < -0.3 is 20.9 Å². The van der Waals surface area contributed by atoms with Crippen molar-refractivity contribution in [1.82, 2.24) is 4.98 Å². The SMILES string of the molecule is CC(Nc1cccc(-c2ccc(C(=O)O)c(N)c2)n1)C(=O)OC(C)(C)C. The third kappa shape index (κ3) is 4.95. The second-order valence-electron chi connectivity index (χ2n) is 6.91. The van der Waals surface area contributed by atoms with Gasteiger partial charge >= 0.3 is 11.9 Å². The van der Waals surface area contributed by atoms with Crippen LogP contribution >= 0.6 is 0 Å². The van der Waals surface area contributed by atoms with Crippen molar-refractivity contribution < 1.29 is 19.4 Å². The average Bonchev–Trinajstić information content (AvgIpc) is 2.53. The predicted octanol–water partition coefficient (Wildman–Crippen LogP) is 3.17. The first-order chi connectivity index (χ1) is 12.1. The molecule has 7 heteroatoms. The van der Waals surface area contributed by atoms with Crippen LogP contribution in [0.3, 0.4) is 0 Å². The van der Waals surface area contributed by atoms with Crippen LogP contribution in [-0.4, -0.2) is 33.7 Å². The molecule has 1 atom stereocenters. The zero-order valence-corrected chi connectivity index (χ0v) is 15.2. The number of carbonyl (C=O) groups excluding carboxylic acids is 1. The molecule has 0 saturated carbocycles. The molecule has 0 fully saturated rings. The molecule has 7 nitrogen and oxygen atoms in total. The quantitative estimate of drug-likeness (QED) is 0.556. The number of carboxylic acids is 1. The molecular weight excluding hydrogens is 334 g/mol. The Hall–Kier alpha value is -3.09. The molecule has 1 aromatic carbocycles. The fourth-order valence-electron chi connectivity index (χ4n) is 2.26. The Kier molecular flexibility index (Phi) is 5.50. The van der Waals surface area contributed by atoms with E-state index in [4.69, 9.17) is 15.6 Å². The van der Waals surface area contributed by atoms with E-state index in [1.165, 1.54) is 6.07 Å². The van der Waals surface area contributed by atoms with Crippen molar-refractivity contribution in [3.05, 3.63) is 42.0 Å². The summed E-state index contributed by atoms with van der Waals surface area (Å²) in [5.41, 5.74) is 6.72. The maximum atomic E-state index is 12.1. The average molecular weight is 357 g/mol. The van der Waals surface area contributed by atoms with Crippen LogP contribution in [0, 0.1) is 0 Å². The Morgan fingerprint density at radius 3 is 2.50 bits per heavy atom. The van der Waals surface area contributed by atoms with Crippen LogP contribution in [0.1, 0.15) is 38.1 Å². The highest BCUT2D eigenvalue weighted by Crippen LogP contribution is 2.24. The molecule has 1 unspecified atom stereocenters. The maximum absolute atomic E-state index is 12.1. The van der Waals surface area contributed by atoms with Gasteiger partial charge in [-0.25, -0.2) is 14.6 Å². The predicted molar refractivity (Wildman–Crippen MR) is 100.0 cm³/mol. The number of carbonyl (C=O) groups is 2. The van der Waals surface area contributed by atoms with Gasteiger partial charge in [0.05, 0.1) is 11.3 Å². The second-order valence-corrected chi connectivity index (χ2v) is 6.91. The number of nitrogens with zero attached hydrogens (tertiary/aromatic N) is 1. The van der Waals surface area contributed by atoms with Gasteiger partial charge in [0.25, 0.3) is 0 Å². The molecule has 26 heavy (non-hydrogen) atoms. The van der Waals surface area contributed by atoms with Crippen LogP contribution in [0.15, 0.2) is 36.4 Å². The van der Waals surface area contributed by atoms with E-state index in [-0.39, 0.29) is 17.2 Å². The molecular formula is C19H23N3O4. The fraction of sp³-hybridized carbons (Fsp3) is 0.316. The molecule has 138 valence electrons. The van der Waals surface area contributed by atoms with Crippen molar-refractivity contribution in [2.45, 2.75) is 39.3 Å². The number of nitrogens with two attached hydrogens (primary N) is 1. The van der Waals surface area contributed by atoms with E-state index >= 15 is 0 Å². The Morgan fingerprint density at radius 1 is 1.23 bits per heavy atom. The summed E-state index contributed by atoms with van der Waals surface area (Å²) in [6, 6.07) is 9.37. The maximum Gasteiger partial charge on any atom is 0.337 e. The zero-order valence-electron chi connectivity index (χ0n) is 15.2. The van der Waals surface area contributed by atoms with Gasteiger partial charge in [0, 0.05) is 11.3 Å². The highest BCUT2D eigenvalue weighted by Gasteiger charge is 2.22. The minimum Gasteiger partial charge on any atom is -0.478 e. The largest absolute Gasteiger partial charge is 0.478 e. The molecule has 4 N–H and O–H groups in total. The van der Waals surface area contributed by atoms with Gasteiger partial charge in [0.15, 0.2) is 0 Å². The number of carboxylic acid groups (broad SMARTS) is 1. The van der Waals surface area contributed by atoms with E-state index < -0.39 is 17.6 Å². The number of esters is 1. The standard InChI is InChI=1S/C19H23N3O4/c1-11(18(25)26-19(2,3)4)21-16-7-5-6-15(22-16)12-8-9-13(17(23)24)14(20)10-12/h5-11H,20H2,1-4H3,(H,21,22)(H,23,24). The smallest absolute Gasteiger partial charge is 0.337 e. The summed E-state index contributed by atoms with van der Waals surface area (Å²) in [5, 5.41) is 12.1. The fourth-order valence-corrected chi connectivity index (χ4v) is 2.26. The van der Waals surface area contributed by atoms with Crippen molar-refractivity contribution in [2.24, 2.45) is 0 Å². The molecule has 0 radical (unpaired) electrons. The number of ether oxygens (including phenoxy) is 1. The summed E-state index contributed by atoms with van der Waals surface area (Å²) in [5.74, 6) is -0.954. The number of nitrogen functional groups attached to an aromatic ring is 1. The second kappa shape index (κ2) is 7.43. The molecule has 1 heterocycles. The Balaban J connectivity index is 2.19. The van der Waals surface area contributed by atoms with E-state index in [1.807, 2.05) is 20.8 Å². The van der Waals surface area contributed by atoms with Crippen LogP contribution in [0.4, 0.5) is 11.5 Å². The highest BCUT2D eigenvalue weighted by atomic mass is 16.6. The number of nitrogens with one attached hydrogen (secondary N) is 1. The van der Waals surface area contributed by atoms with Crippen molar-refractivity contribution >= 4 is 23.4 Å². The number of anilines is 2. The lowest BCUT2D eigenvalue weighted by atomic mass is 10.1. The molecule has 2 rings (SSSR count). The number of pyridine rings is 1. The minimum absolute atomic E-state index is 0.0431. The molecule has 0 bridgehead atoms. The molecule has 0 saturated heterocycles.